The molecular weight excluding hydrogens is 236 g/mol. The van der Waals surface area contributed by atoms with E-state index in [0.717, 1.165) is 30.7 Å². The molecule has 0 amide bonds. The van der Waals surface area contributed by atoms with E-state index in [1.807, 2.05) is 12.1 Å². The molecule has 3 unspecified atom stereocenters. The molecule has 104 valence electrons. The first kappa shape index (κ1) is 12.9. The van der Waals surface area contributed by atoms with Crippen LogP contribution in [-0.4, -0.2) is 37.2 Å². The van der Waals surface area contributed by atoms with E-state index in [4.69, 9.17) is 10.5 Å². The molecule has 3 nitrogen and oxygen atoms in total. The second-order valence-electron chi connectivity index (χ2n) is 6.09. The van der Waals surface area contributed by atoms with Crippen molar-refractivity contribution in [1.29, 1.82) is 0 Å². The number of likely N-dealkylation sites (tertiary alicyclic amines) is 1. The number of aryl methyl sites for hydroxylation is 1. The van der Waals surface area contributed by atoms with Gasteiger partial charge in [0, 0.05) is 25.7 Å². The first-order valence-electron chi connectivity index (χ1n) is 7.40. The van der Waals surface area contributed by atoms with E-state index in [1.165, 1.54) is 31.5 Å². The molecule has 19 heavy (non-hydrogen) atoms. The minimum Gasteiger partial charge on any atom is -0.492 e. The Hall–Kier alpha value is -1.06. The number of nitrogens with two attached hydrogens (primary N) is 1. The van der Waals surface area contributed by atoms with Gasteiger partial charge in [-0.1, -0.05) is 12.1 Å². The summed E-state index contributed by atoms with van der Waals surface area (Å²) in [5.74, 6) is 2.56. The highest BCUT2D eigenvalue weighted by molar-refractivity contribution is 5.27. The lowest BCUT2D eigenvalue weighted by molar-refractivity contribution is 0.225. The summed E-state index contributed by atoms with van der Waals surface area (Å²) in [7, 11) is 0. The second-order valence-corrected chi connectivity index (χ2v) is 6.09. The lowest BCUT2D eigenvalue weighted by Gasteiger charge is -2.18. The van der Waals surface area contributed by atoms with Crippen LogP contribution in [0.2, 0.25) is 0 Å². The summed E-state index contributed by atoms with van der Waals surface area (Å²) in [5, 5.41) is 0. The van der Waals surface area contributed by atoms with Crippen LogP contribution in [0.1, 0.15) is 18.4 Å². The van der Waals surface area contributed by atoms with Crippen LogP contribution in [0.5, 0.6) is 5.75 Å². The van der Waals surface area contributed by atoms with E-state index in [1.54, 1.807) is 0 Å². The molecule has 3 heteroatoms. The van der Waals surface area contributed by atoms with Gasteiger partial charge in [-0.15, -0.1) is 0 Å². The number of fused-ring (bicyclic) bond motifs is 1. The largest absolute Gasteiger partial charge is 0.492 e. The average molecular weight is 260 g/mol. The minimum atomic E-state index is 0.438. The molecule has 0 radical (unpaired) electrons. The zero-order valence-electron chi connectivity index (χ0n) is 11.7. The minimum absolute atomic E-state index is 0.438. The van der Waals surface area contributed by atoms with Gasteiger partial charge in [-0.3, -0.25) is 4.90 Å². The molecule has 2 fully saturated rings. The fourth-order valence-corrected chi connectivity index (χ4v) is 3.58. The number of rotatable bonds is 4. The van der Waals surface area contributed by atoms with Gasteiger partial charge >= 0.3 is 0 Å². The molecule has 1 aliphatic carbocycles. The van der Waals surface area contributed by atoms with Crippen LogP contribution in [0.3, 0.4) is 0 Å². The maximum atomic E-state index is 6.16. The molecule has 2 N–H and O–H groups in total. The molecule has 1 heterocycles. The summed E-state index contributed by atoms with van der Waals surface area (Å²) in [4.78, 5) is 2.52. The number of ether oxygens (including phenoxy) is 1. The Labute approximate surface area is 115 Å². The third kappa shape index (κ3) is 2.93. The highest BCUT2D eigenvalue weighted by Gasteiger charge is 2.40. The summed E-state index contributed by atoms with van der Waals surface area (Å²) < 4.78 is 5.82. The Kier molecular flexibility index (Phi) is 3.76. The summed E-state index contributed by atoms with van der Waals surface area (Å²) >= 11 is 0. The molecule has 1 aromatic carbocycles. The summed E-state index contributed by atoms with van der Waals surface area (Å²) in [6, 6.07) is 8.70. The zero-order valence-corrected chi connectivity index (χ0v) is 11.7. The normalized spacial score (nSPS) is 30.5. The molecule has 1 aliphatic heterocycles. The Balaban J connectivity index is 1.44. The molecule has 1 aromatic rings. The van der Waals surface area contributed by atoms with Crippen LogP contribution in [0.15, 0.2) is 24.3 Å². The molecule has 1 saturated carbocycles. The van der Waals surface area contributed by atoms with Crippen molar-refractivity contribution >= 4 is 0 Å². The fourth-order valence-electron chi connectivity index (χ4n) is 3.58. The average Bonchev–Trinajstić information content (AvgIpc) is 2.92. The van der Waals surface area contributed by atoms with Gasteiger partial charge in [-0.25, -0.2) is 0 Å². The van der Waals surface area contributed by atoms with Crippen molar-refractivity contribution in [3.8, 4) is 5.75 Å². The predicted molar refractivity (Wildman–Crippen MR) is 77.3 cm³/mol. The van der Waals surface area contributed by atoms with Crippen molar-refractivity contribution in [1.82, 2.24) is 4.90 Å². The molecule has 3 rings (SSSR count). The smallest absolute Gasteiger partial charge is 0.119 e. The van der Waals surface area contributed by atoms with E-state index in [0.29, 0.717) is 6.04 Å². The highest BCUT2D eigenvalue weighted by Crippen LogP contribution is 2.36. The topological polar surface area (TPSA) is 38.5 Å². The van der Waals surface area contributed by atoms with Crippen LogP contribution in [0.25, 0.3) is 0 Å². The van der Waals surface area contributed by atoms with E-state index in [2.05, 4.69) is 24.0 Å². The highest BCUT2D eigenvalue weighted by atomic mass is 16.5. The first-order valence-corrected chi connectivity index (χ1v) is 7.40. The van der Waals surface area contributed by atoms with E-state index < -0.39 is 0 Å². The van der Waals surface area contributed by atoms with Crippen LogP contribution in [0.4, 0.5) is 0 Å². The molecule has 0 spiro atoms. The standard InChI is InChI=1S/C16H24N2O/c1-12-3-2-4-14(9-12)19-8-7-18-10-13-5-6-16(17)15(13)11-18/h2-4,9,13,15-16H,5-8,10-11,17H2,1H3. The van der Waals surface area contributed by atoms with E-state index in [9.17, 15) is 0 Å². The van der Waals surface area contributed by atoms with Crippen molar-refractivity contribution in [2.45, 2.75) is 25.8 Å². The van der Waals surface area contributed by atoms with E-state index >= 15 is 0 Å². The Morgan fingerprint density at radius 3 is 3.00 bits per heavy atom. The van der Waals surface area contributed by atoms with Gasteiger partial charge in [0.05, 0.1) is 0 Å². The van der Waals surface area contributed by atoms with Crippen LogP contribution < -0.4 is 10.5 Å². The monoisotopic (exact) mass is 260 g/mol. The Morgan fingerprint density at radius 2 is 2.21 bits per heavy atom. The lowest BCUT2D eigenvalue weighted by atomic mass is 9.98. The predicted octanol–water partition coefficient (Wildman–Crippen LogP) is 2.04. The van der Waals surface area contributed by atoms with Crippen LogP contribution >= 0.6 is 0 Å². The van der Waals surface area contributed by atoms with Gasteiger partial charge in [0.25, 0.3) is 0 Å². The molecular formula is C16H24N2O. The van der Waals surface area contributed by atoms with Crippen molar-refractivity contribution in [3.63, 3.8) is 0 Å². The van der Waals surface area contributed by atoms with Gasteiger partial charge < -0.3 is 10.5 Å². The molecule has 1 saturated heterocycles. The van der Waals surface area contributed by atoms with Gasteiger partial charge in [-0.05, 0) is 49.3 Å². The lowest BCUT2D eigenvalue weighted by Crippen LogP contribution is -2.32. The van der Waals surface area contributed by atoms with Crippen molar-refractivity contribution in [2.75, 3.05) is 26.2 Å². The maximum Gasteiger partial charge on any atom is 0.119 e. The van der Waals surface area contributed by atoms with Crippen molar-refractivity contribution in [2.24, 2.45) is 17.6 Å². The Morgan fingerprint density at radius 1 is 1.32 bits per heavy atom. The number of hydrogen-bond donors (Lipinski definition) is 1. The molecule has 2 aliphatic rings. The van der Waals surface area contributed by atoms with Gasteiger partial charge in [0.1, 0.15) is 12.4 Å². The number of hydrogen-bond acceptors (Lipinski definition) is 3. The molecule has 0 aromatic heterocycles. The fraction of sp³-hybridized carbons (Fsp3) is 0.625. The molecule has 0 bridgehead atoms. The third-order valence-electron chi connectivity index (χ3n) is 4.65. The SMILES string of the molecule is Cc1cccc(OCCN2CC3CCC(N)C3C2)c1. The van der Waals surface area contributed by atoms with Crippen molar-refractivity contribution in [3.05, 3.63) is 29.8 Å². The quantitative estimate of drug-likeness (QED) is 0.900. The Bertz CT molecular complexity index is 435. The van der Waals surface area contributed by atoms with Crippen LogP contribution in [0, 0.1) is 18.8 Å². The van der Waals surface area contributed by atoms with Crippen LogP contribution in [-0.2, 0) is 0 Å². The van der Waals surface area contributed by atoms with Gasteiger partial charge in [-0.2, -0.15) is 0 Å². The summed E-state index contributed by atoms with van der Waals surface area (Å²) in [5.41, 5.74) is 7.41. The molecule has 3 atom stereocenters. The number of nitrogens with zero attached hydrogens (tertiary/aromatic N) is 1. The third-order valence-corrected chi connectivity index (χ3v) is 4.65. The zero-order chi connectivity index (χ0) is 13.2. The number of benzene rings is 1. The summed E-state index contributed by atoms with van der Waals surface area (Å²) in [6.45, 7) is 6.28. The summed E-state index contributed by atoms with van der Waals surface area (Å²) in [6.07, 6.45) is 2.55. The van der Waals surface area contributed by atoms with Gasteiger partial charge in [0.15, 0.2) is 0 Å². The van der Waals surface area contributed by atoms with Gasteiger partial charge in [0.2, 0.25) is 0 Å². The van der Waals surface area contributed by atoms with E-state index in [-0.39, 0.29) is 0 Å². The second kappa shape index (κ2) is 5.51. The van der Waals surface area contributed by atoms with Crippen molar-refractivity contribution < 1.29 is 4.74 Å². The first-order chi connectivity index (χ1) is 9.22. The maximum absolute atomic E-state index is 6.16.